The molecule has 0 aliphatic carbocycles. The fourth-order valence-corrected chi connectivity index (χ4v) is 2.23. The minimum Gasteiger partial charge on any atom is -0.337 e. The Balaban J connectivity index is 0.00000180. The third-order valence-electron chi connectivity index (χ3n) is 3.28. The average Bonchev–Trinajstić information content (AvgIpc) is 2.41. The van der Waals surface area contributed by atoms with Gasteiger partial charge < -0.3 is 10.2 Å². The quantitative estimate of drug-likeness (QED) is 0.906. The zero-order valence-corrected chi connectivity index (χ0v) is 11.5. The minimum atomic E-state index is -0.673. The van der Waals surface area contributed by atoms with Crippen molar-refractivity contribution < 1.29 is 13.6 Å². The molecule has 1 aromatic rings. The third-order valence-corrected chi connectivity index (χ3v) is 3.28. The summed E-state index contributed by atoms with van der Waals surface area (Å²) in [5.74, 6) is -1.71. The van der Waals surface area contributed by atoms with E-state index >= 15 is 0 Å². The van der Waals surface area contributed by atoms with Crippen molar-refractivity contribution in [3.63, 3.8) is 0 Å². The van der Waals surface area contributed by atoms with Gasteiger partial charge in [0.1, 0.15) is 11.6 Å². The molecule has 0 radical (unpaired) electrons. The van der Waals surface area contributed by atoms with Crippen molar-refractivity contribution in [3.8, 4) is 0 Å². The first-order chi connectivity index (χ1) is 8.61. The fraction of sp³-hybridized carbons (Fsp3) is 0.462. The molecule has 1 aliphatic rings. The van der Waals surface area contributed by atoms with Gasteiger partial charge >= 0.3 is 0 Å². The van der Waals surface area contributed by atoms with Gasteiger partial charge in [0.2, 0.25) is 0 Å². The van der Waals surface area contributed by atoms with Crippen molar-refractivity contribution in [1.82, 2.24) is 10.2 Å². The van der Waals surface area contributed by atoms with E-state index in [0.717, 1.165) is 31.0 Å². The van der Waals surface area contributed by atoms with Gasteiger partial charge in [-0.3, -0.25) is 4.79 Å². The van der Waals surface area contributed by atoms with Crippen molar-refractivity contribution in [2.75, 3.05) is 20.1 Å². The molecule has 1 atom stereocenters. The van der Waals surface area contributed by atoms with E-state index in [0.29, 0.717) is 13.1 Å². The number of likely N-dealkylation sites (N-methyl/N-ethyl adjacent to an activating group) is 1. The molecule has 1 N–H and O–H groups in total. The highest BCUT2D eigenvalue weighted by molar-refractivity contribution is 5.94. The number of carbonyl (C=O) groups excluding carboxylic acids is 1. The van der Waals surface area contributed by atoms with Gasteiger partial charge in [-0.05, 0) is 38.1 Å². The number of halogens is 3. The van der Waals surface area contributed by atoms with Crippen LogP contribution in [0.25, 0.3) is 0 Å². The number of likely N-dealkylation sites (tertiary alicyclic amines) is 1. The SMILES string of the molecule is CNC1CCCN(C(=O)c2cc(F)ccc2F)C1.Cl. The van der Waals surface area contributed by atoms with Gasteiger partial charge in [-0.2, -0.15) is 0 Å². The van der Waals surface area contributed by atoms with E-state index in [2.05, 4.69) is 5.32 Å². The van der Waals surface area contributed by atoms with Crippen molar-refractivity contribution in [2.24, 2.45) is 0 Å². The van der Waals surface area contributed by atoms with Gasteiger partial charge in [0, 0.05) is 19.1 Å². The van der Waals surface area contributed by atoms with E-state index in [-0.39, 0.29) is 24.0 Å². The van der Waals surface area contributed by atoms with Crippen LogP contribution in [0.3, 0.4) is 0 Å². The number of amides is 1. The number of piperidine rings is 1. The Kier molecular flexibility index (Phi) is 5.69. The van der Waals surface area contributed by atoms with Crippen LogP contribution in [0.1, 0.15) is 23.2 Å². The fourth-order valence-electron chi connectivity index (χ4n) is 2.23. The van der Waals surface area contributed by atoms with Crippen LogP contribution in [-0.2, 0) is 0 Å². The van der Waals surface area contributed by atoms with Crippen molar-refractivity contribution in [1.29, 1.82) is 0 Å². The summed E-state index contributed by atoms with van der Waals surface area (Å²) >= 11 is 0. The highest BCUT2D eigenvalue weighted by atomic mass is 35.5. The second kappa shape index (κ2) is 6.82. The van der Waals surface area contributed by atoms with Crippen LogP contribution >= 0.6 is 12.4 Å². The molecule has 3 nitrogen and oxygen atoms in total. The van der Waals surface area contributed by atoms with Crippen LogP contribution in [0.4, 0.5) is 8.78 Å². The molecule has 2 rings (SSSR count). The molecular formula is C13H17ClF2N2O. The first-order valence-corrected chi connectivity index (χ1v) is 6.03. The Morgan fingerprint density at radius 2 is 2.16 bits per heavy atom. The van der Waals surface area contributed by atoms with Crippen LogP contribution in [0.5, 0.6) is 0 Å². The normalized spacial score (nSPS) is 18.9. The molecule has 1 fully saturated rings. The van der Waals surface area contributed by atoms with Crippen LogP contribution in [0.15, 0.2) is 18.2 Å². The minimum absolute atomic E-state index is 0. The Morgan fingerprint density at radius 3 is 2.84 bits per heavy atom. The molecule has 1 saturated heterocycles. The number of hydrogen-bond acceptors (Lipinski definition) is 2. The Morgan fingerprint density at radius 1 is 1.42 bits per heavy atom. The number of carbonyl (C=O) groups is 1. The molecule has 0 aromatic heterocycles. The van der Waals surface area contributed by atoms with E-state index < -0.39 is 17.5 Å². The van der Waals surface area contributed by atoms with E-state index in [1.165, 1.54) is 0 Å². The molecule has 0 saturated carbocycles. The zero-order chi connectivity index (χ0) is 13.1. The summed E-state index contributed by atoms with van der Waals surface area (Å²) in [6.45, 7) is 1.12. The number of hydrogen-bond donors (Lipinski definition) is 1. The number of rotatable bonds is 2. The van der Waals surface area contributed by atoms with Gasteiger partial charge in [0.25, 0.3) is 5.91 Å². The van der Waals surface area contributed by atoms with Gasteiger partial charge in [-0.25, -0.2) is 8.78 Å². The molecule has 106 valence electrons. The van der Waals surface area contributed by atoms with Gasteiger partial charge in [0.05, 0.1) is 5.56 Å². The maximum absolute atomic E-state index is 13.5. The van der Waals surface area contributed by atoms with Crippen molar-refractivity contribution in [3.05, 3.63) is 35.4 Å². The molecular weight excluding hydrogens is 274 g/mol. The van der Waals surface area contributed by atoms with Gasteiger partial charge in [-0.1, -0.05) is 0 Å². The van der Waals surface area contributed by atoms with Crippen LogP contribution in [-0.4, -0.2) is 37.0 Å². The molecule has 6 heteroatoms. The molecule has 1 unspecified atom stereocenters. The molecule has 1 aliphatic heterocycles. The zero-order valence-electron chi connectivity index (χ0n) is 10.7. The summed E-state index contributed by atoms with van der Waals surface area (Å²) in [6.07, 6.45) is 1.86. The highest BCUT2D eigenvalue weighted by Crippen LogP contribution is 2.16. The lowest BCUT2D eigenvalue weighted by Crippen LogP contribution is -2.47. The Labute approximate surface area is 117 Å². The largest absolute Gasteiger partial charge is 0.337 e. The van der Waals surface area contributed by atoms with Crippen LogP contribution in [0.2, 0.25) is 0 Å². The predicted molar refractivity (Wildman–Crippen MR) is 71.6 cm³/mol. The standard InChI is InChI=1S/C13H16F2N2O.ClH/c1-16-10-3-2-6-17(8-10)13(18)11-7-9(14)4-5-12(11)15;/h4-5,7,10,16H,2-3,6,8H2,1H3;1H. The first-order valence-electron chi connectivity index (χ1n) is 6.03. The van der Waals surface area contributed by atoms with E-state index in [9.17, 15) is 13.6 Å². The smallest absolute Gasteiger partial charge is 0.256 e. The van der Waals surface area contributed by atoms with E-state index in [4.69, 9.17) is 0 Å². The summed E-state index contributed by atoms with van der Waals surface area (Å²) in [6, 6.07) is 3.18. The predicted octanol–water partition coefficient (Wildman–Crippen LogP) is 2.21. The number of nitrogens with zero attached hydrogens (tertiary/aromatic N) is 1. The lowest BCUT2D eigenvalue weighted by Gasteiger charge is -2.32. The maximum atomic E-state index is 13.5. The highest BCUT2D eigenvalue weighted by Gasteiger charge is 2.25. The third kappa shape index (κ3) is 3.64. The Hall–Kier alpha value is -1.20. The van der Waals surface area contributed by atoms with E-state index in [1.807, 2.05) is 7.05 Å². The summed E-state index contributed by atoms with van der Waals surface area (Å²) < 4.78 is 26.6. The molecule has 1 aromatic carbocycles. The topological polar surface area (TPSA) is 32.3 Å². The van der Waals surface area contributed by atoms with Gasteiger partial charge in [0.15, 0.2) is 0 Å². The molecule has 0 spiro atoms. The van der Waals surface area contributed by atoms with E-state index in [1.54, 1.807) is 4.90 Å². The number of nitrogens with one attached hydrogen (secondary N) is 1. The summed E-state index contributed by atoms with van der Waals surface area (Å²) in [5, 5.41) is 3.10. The number of benzene rings is 1. The lowest BCUT2D eigenvalue weighted by atomic mass is 10.0. The molecule has 0 bridgehead atoms. The van der Waals surface area contributed by atoms with Crippen LogP contribution in [0, 0.1) is 11.6 Å². The summed E-state index contributed by atoms with van der Waals surface area (Å²) in [5.41, 5.74) is -0.188. The molecule has 1 amide bonds. The summed E-state index contributed by atoms with van der Waals surface area (Å²) in [7, 11) is 1.83. The first kappa shape index (κ1) is 15.9. The van der Waals surface area contributed by atoms with Crippen molar-refractivity contribution >= 4 is 18.3 Å². The molecule has 19 heavy (non-hydrogen) atoms. The summed E-state index contributed by atoms with van der Waals surface area (Å²) in [4.78, 5) is 13.7. The molecule has 1 heterocycles. The second-order valence-corrected chi connectivity index (χ2v) is 4.50. The lowest BCUT2D eigenvalue weighted by molar-refractivity contribution is 0.0693. The maximum Gasteiger partial charge on any atom is 0.256 e. The van der Waals surface area contributed by atoms with Crippen molar-refractivity contribution in [2.45, 2.75) is 18.9 Å². The van der Waals surface area contributed by atoms with Gasteiger partial charge in [-0.15, -0.1) is 12.4 Å². The average molecular weight is 291 g/mol. The monoisotopic (exact) mass is 290 g/mol. The second-order valence-electron chi connectivity index (χ2n) is 4.50. The van der Waals surface area contributed by atoms with Crippen LogP contribution < -0.4 is 5.32 Å². The Bertz CT molecular complexity index is 456.